The van der Waals surface area contributed by atoms with Crippen LogP contribution in [0.15, 0.2) is 47.4 Å². The minimum absolute atomic E-state index is 0.127. The zero-order valence-electron chi connectivity index (χ0n) is 12.5. The number of sulfonamides is 1. The molecule has 1 aliphatic heterocycles. The van der Waals surface area contributed by atoms with Gasteiger partial charge in [-0.2, -0.15) is 0 Å². The highest BCUT2D eigenvalue weighted by atomic mass is 32.2. The van der Waals surface area contributed by atoms with E-state index >= 15 is 0 Å². The predicted molar refractivity (Wildman–Crippen MR) is 85.0 cm³/mol. The van der Waals surface area contributed by atoms with Crippen LogP contribution in [-0.4, -0.2) is 15.2 Å². The molecule has 1 aliphatic carbocycles. The highest BCUT2D eigenvalue weighted by molar-refractivity contribution is 7.89. The molecule has 0 radical (unpaired) electrons. The first-order valence-corrected chi connectivity index (χ1v) is 9.11. The molecule has 0 saturated heterocycles. The standard InChI is InChI=1S/C17H17NO4S/c19-23(20,13-8-9-16-17(10-13)22-11-21-16)18-15-7-3-5-12-4-1-2-6-14(12)15/h1-2,4,6,8-10,15,18H,3,5,7,11H2. The molecule has 0 amide bonds. The Hall–Kier alpha value is -2.05. The van der Waals surface area contributed by atoms with Crippen LogP contribution in [0.2, 0.25) is 0 Å². The quantitative estimate of drug-likeness (QED) is 0.939. The maximum absolute atomic E-state index is 12.7. The van der Waals surface area contributed by atoms with Gasteiger partial charge in [0.05, 0.1) is 4.90 Å². The van der Waals surface area contributed by atoms with Gasteiger partial charge in [0.1, 0.15) is 0 Å². The topological polar surface area (TPSA) is 64.6 Å². The van der Waals surface area contributed by atoms with Crippen molar-refractivity contribution in [1.29, 1.82) is 0 Å². The van der Waals surface area contributed by atoms with E-state index in [1.165, 1.54) is 11.6 Å². The molecule has 2 aliphatic rings. The summed E-state index contributed by atoms with van der Waals surface area (Å²) in [7, 11) is -3.61. The highest BCUT2D eigenvalue weighted by Gasteiger charge is 2.27. The van der Waals surface area contributed by atoms with Crippen LogP contribution in [0.3, 0.4) is 0 Å². The second-order valence-corrected chi connectivity index (χ2v) is 7.49. The van der Waals surface area contributed by atoms with Crippen molar-refractivity contribution in [3.63, 3.8) is 0 Å². The number of benzene rings is 2. The van der Waals surface area contributed by atoms with Crippen molar-refractivity contribution < 1.29 is 17.9 Å². The second-order valence-electron chi connectivity index (χ2n) is 5.78. The third-order valence-corrected chi connectivity index (χ3v) is 5.79. The van der Waals surface area contributed by atoms with Crippen LogP contribution < -0.4 is 14.2 Å². The van der Waals surface area contributed by atoms with Gasteiger partial charge in [-0.15, -0.1) is 0 Å². The van der Waals surface area contributed by atoms with E-state index in [1.54, 1.807) is 12.1 Å². The molecule has 2 aromatic carbocycles. The molecule has 120 valence electrons. The summed E-state index contributed by atoms with van der Waals surface area (Å²) in [5.41, 5.74) is 2.29. The molecule has 0 bridgehead atoms. The third kappa shape index (κ3) is 2.68. The molecule has 0 saturated carbocycles. The van der Waals surface area contributed by atoms with Crippen molar-refractivity contribution >= 4 is 10.0 Å². The average molecular weight is 331 g/mol. The summed E-state index contributed by atoms with van der Waals surface area (Å²) in [6, 6.07) is 12.5. The molecule has 6 heteroatoms. The lowest BCUT2D eigenvalue weighted by Crippen LogP contribution is -2.31. The first-order valence-electron chi connectivity index (χ1n) is 7.63. The van der Waals surface area contributed by atoms with Crippen LogP contribution in [-0.2, 0) is 16.4 Å². The summed E-state index contributed by atoms with van der Waals surface area (Å²) in [5, 5.41) is 0. The summed E-state index contributed by atoms with van der Waals surface area (Å²) in [6.45, 7) is 0.127. The Morgan fingerprint density at radius 3 is 2.78 bits per heavy atom. The second kappa shape index (κ2) is 5.54. The van der Waals surface area contributed by atoms with Crippen molar-refractivity contribution in [2.75, 3.05) is 6.79 Å². The van der Waals surface area contributed by atoms with Gasteiger partial charge in [-0.05, 0) is 42.5 Å². The van der Waals surface area contributed by atoms with Crippen LogP contribution in [0.4, 0.5) is 0 Å². The lowest BCUT2D eigenvalue weighted by Gasteiger charge is -2.26. The van der Waals surface area contributed by atoms with Gasteiger partial charge >= 0.3 is 0 Å². The number of nitrogens with one attached hydrogen (secondary N) is 1. The average Bonchev–Trinajstić information content (AvgIpc) is 3.02. The molecule has 0 spiro atoms. The van der Waals surface area contributed by atoms with E-state index in [0.717, 1.165) is 24.8 Å². The predicted octanol–water partition coefficient (Wildman–Crippen LogP) is 2.77. The molecule has 1 N–H and O–H groups in total. The fourth-order valence-electron chi connectivity index (χ4n) is 3.18. The SMILES string of the molecule is O=S(=O)(NC1CCCc2ccccc21)c1ccc2c(c1)OCO2. The fraction of sp³-hybridized carbons (Fsp3) is 0.294. The molecule has 0 aromatic heterocycles. The van der Waals surface area contributed by atoms with Gasteiger partial charge < -0.3 is 9.47 Å². The number of fused-ring (bicyclic) bond motifs is 2. The van der Waals surface area contributed by atoms with Crippen LogP contribution in [0.1, 0.15) is 30.0 Å². The molecule has 23 heavy (non-hydrogen) atoms. The minimum Gasteiger partial charge on any atom is -0.454 e. The zero-order chi connectivity index (χ0) is 15.9. The van der Waals surface area contributed by atoms with Crippen molar-refractivity contribution in [2.24, 2.45) is 0 Å². The van der Waals surface area contributed by atoms with Gasteiger partial charge in [-0.3, -0.25) is 0 Å². The van der Waals surface area contributed by atoms with Gasteiger partial charge in [0, 0.05) is 12.1 Å². The molecule has 2 aromatic rings. The van der Waals surface area contributed by atoms with Crippen molar-refractivity contribution in [3.05, 3.63) is 53.6 Å². The number of hydrogen-bond donors (Lipinski definition) is 1. The van der Waals surface area contributed by atoms with E-state index in [0.29, 0.717) is 11.5 Å². The summed E-state index contributed by atoms with van der Waals surface area (Å²) in [6.07, 6.45) is 2.78. The van der Waals surface area contributed by atoms with Crippen LogP contribution in [0.25, 0.3) is 0 Å². The van der Waals surface area contributed by atoms with Gasteiger partial charge in [-0.1, -0.05) is 24.3 Å². The van der Waals surface area contributed by atoms with E-state index in [4.69, 9.17) is 9.47 Å². The summed E-state index contributed by atoms with van der Waals surface area (Å²) < 4.78 is 38.7. The number of aryl methyl sites for hydroxylation is 1. The first kappa shape index (κ1) is 14.5. The minimum atomic E-state index is -3.61. The van der Waals surface area contributed by atoms with Gasteiger partial charge in [0.2, 0.25) is 16.8 Å². The molecule has 5 nitrogen and oxygen atoms in total. The lowest BCUT2D eigenvalue weighted by molar-refractivity contribution is 0.174. The lowest BCUT2D eigenvalue weighted by atomic mass is 9.88. The Kier molecular flexibility index (Phi) is 3.50. The molecule has 1 atom stereocenters. The molecular formula is C17H17NO4S. The maximum atomic E-state index is 12.7. The fourth-order valence-corrected chi connectivity index (χ4v) is 4.44. The van der Waals surface area contributed by atoms with Crippen LogP contribution >= 0.6 is 0 Å². The smallest absolute Gasteiger partial charge is 0.241 e. The Bertz CT molecular complexity index is 847. The van der Waals surface area contributed by atoms with Crippen molar-refractivity contribution in [2.45, 2.75) is 30.2 Å². The van der Waals surface area contributed by atoms with E-state index in [2.05, 4.69) is 10.8 Å². The van der Waals surface area contributed by atoms with Gasteiger partial charge in [0.15, 0.2) is 11.5 Å². The molecule has 1 heterocycles. The molecule has 4 rings (SSSR count). The van der Waals surface area contributed by atoms with Gasteiger partial charge in [0.25, 0.3) is 0 Å². The number of ether oxygens (including phenoxy) is 2. The van der Waals surface area contributed by atoms with E-state index < -0.39 is 10.0 Å². The largest absolute Gasteiger partial charge is 0.454 e. The van der Waals surface area contributed by atoms with Crippen LogP contribution in [0.5, 0.6) is 11.5 Å². The molecular weight excluding hydrogens is 314 g/mol. The Labute approximate surface area is 135 Å². The molecule has 0 fully saturated rings. The van der Waals surface area contributed by atoms with E-state index in [1.807, 2.05) is 18.2 Å². The Balaban J connectivity index is 1.63. The number of hydrogen-bond acceptors (Lipinski definition) is 4. The zero-order valence-corrected chi connectivity index (χ0v) is 13.3. The molecule has 1 unspecified atom stereocenters. The monoisotopic (exact) mass is 331 g/mol. The van der Waals surface area contributed by atoms with Crippen molar-refractivity contribution in [1.82, 2.24) is 4.72 Å². The summed E-state index contributed by atoms with van der Waals surface area (Å²) >= 11 is 0. The first-order chi connectivity index (χ1) is 11.1. The normalized spacial score (nSPS) is 19.4. The Morgan fingerprint density at radius 2 is 1.87 bits per heavy atom. The third-order valence-electron chi connectivity index (χ3n) is 4.32. The summed E-state index contributed by atoms with van der Waals surface area (Å²) in [5.74, 6) is 1.05. The van der Waals surface area contributed by atoms with E-state index in [9.17, 15) is 8.42 Å². The highest BCUT2D eigenvalue weighted by Crippen LogP contribution is 2.35. The van der Waals surface area contributed by atoms with Crippen LogP contribution in [0, 0.1) is 0 Å². The van der Waals surface area contributed by atoms with Gasteiger partial charge in [-0.25, -0.2) is 13.1 Å². The number of rotatable bonds is 3. The summed E-state index contributed by atoms with van der Waals surface area (Å²) in [4.78, 5) is 0.199. The Morgan fingerprint density at radius 1 is 1.04 bits per heavy atom. The van der Waals surface area contributed by atoms with Crippen molar-refractivity contribution in [3.8, 4) is 11.5 Å². The van der Waals surface area contributed by atoms with E-state index in [-0.39, 0.29) is 17.7 Å². The maximum Gasteiger partial charge on any atom is 0.241 e.